The molecule has 1 aliphatic rings. The lowest BCUT2D eigenvalue weighted by atomic mass is 9.94. The maximum Gasteiger partial charge on any atom is 0.241 e. The van der Waals surface area contributed by atoms with E-state index in [0.717, 1.165) is 0 Å². The lowest BCUT2D eigenvalue weighted by molar-refractivity contribution is 0.120. The molecule has 0 atom stereocenters. The number of hydrogen-bond acceptors (Lipinski definition) is 3. The van der Waals surface area contributed by atoms with Gasteiger partial charge in [0.1, 0.15) is 0 Å². The van der Waals surface area contributed by atoms with Gasteiger partial charge in [-0.1, -0.05) is 17.7 Å². The smallest absolute Gasteiger partial charge is 0.241 e. The van der Waals surface area contributed by atoms with E-state index in [2.05, 4.69) is 4.72 Å². The molecule has 1 fully saturated rings. The second-order valence-electron chi connectivity index (χ2n) is 4.99. The Labute approximate surface area is 118 Å². The zero-order valence-electron chi connectivity index (χ0n) is 10.8. The van der Waals surface area contributed by atoms with E-state index >= 15 is 0 Å². The fraction of sp³-hybridized carbons (Fsp3) is 0.538. The van der Waals surface area contributed by atoms with Gasteiger partial charge < -0.3 is 5.11 Å². The first-order chi connectivity index (χ1) is 8.90. The maximum atomic E-state index is 12.3. The average molecular weight is 304 g/mol. The van der Waals surface area contributed by atoms with Crippen LogP contribution in [-0.2, 0) is 10.0 Å². The molecule has 0 spiro atoms. The molecule has 1 aliphatic carbocycles. The molecule has 106 valence electrons. The summed E-state index contributed by atoms with van der Waals surface area (Å²) in [7, 11) is -3.55. The second kappa shape index (κ2) is 5.79. The van der Waals surface area contributed by atoms with Crippen molar-refractivity contribution < 1.29 is 13.5 Å². The summed E-state index contributed by atoms with van der Waals surface area (Å²) >= 11 is 5.96. The van der Waals surface area contributed by atoms with E-state index in [1.54, 1.807) is 25.1 Å². The summed E-state index contributed by atoms with van der Waals surface area (Å²) in [5.41, 5.74) is 0.563. The minimum Gasteiger partial charge on any atom is -0.393 e. The van der Waals surface area contributed by atoms with Gasteiger partial charge in [-0.05, 0) is 50.3 Å². The van der Waals surface area contributed by atoms with Crippen molar-refractivity contribution in [3.63, 3.8) is 0 Å². The van der Waals surface area contributed by atoms with Crippen LogP contribution in [0.1, 0.15) is 31.2 Å². The van der Waals surface area contributed by atoms with E-state index in [1.165, 1.54) is 0 Å². The van der Waals surface area contributed by atoms with Gasteiger partial charge in [0.2, 0.25) is 10.0 Å². The Morgan fingerprint density at radius 2 is 1.89 bits per heavy atom. The number of aliphatic hydroxyl groups is 1. The molecule has 0 heterocycles. The number of halogens is 1. The molecule has 1 saturated carbocycles. The molecule has 0 radical (unpaired) electrons. The molecule has 0 saturated heterocycles. The van der Waals surface area contributed by atoms with E-state index in [9.17, 15) is 13.5 Å². The van der Waals surface area contributed by atoms with E-state index in [-0.39, 0.29) is 17.0 Å². The van der Waals surface area contributed by atoms with Crippen molar-refractivity contribution >= 4 is 21.6 Å². The van der Waals surface area contributed by atoms with Crippen molar-refractivity contribution in [3.05, 3.63) is 28.8 Å². The molecule has 0 unspecified atom stereocenters. The molecule has 0 aromatic heterocycles. The monoisotopic (exact) mass is 303 g/mol. The molecule has 6 heteroatoms. The first-order valence-electron chi connectivity index (χ1n) is 6.35. The van der Waals surface area contributed by atoms with Crippen LogP contribution in [0.2, 0.25) is 5.02 Å². The van der Waals surface area contributed by atoms with Crippen LogP contribution in [0.4, 0.5) is 0 Å². The van der Waals surface area contributed by atoms with Crippen molar-refractivity contribution in [2.24, 2.45) is 0 Å². The van der Waals surface area contributed by atoms with Gasteiger partial charge in [0.15, 0.2) is 0 Å². The third-order valence-electron chi connectivity index (χ3n) is 3.53. The Kier molecular flexibility index (Phi) is 4.50. The topological polar surface area (TPSA) is 66.4 Å². The minimum atomic E-state index is -3.55. The predicted octanol–water partition coefficient (Wildman–Crippen LogP) is 2.23. The lowest BCUT2D eigenvalue weighted by Crippen LogP contribution is -2.38. The highest BCUT2D eigenvalue weighted by atomic mass is 35.5. The summed E-state index contributed by atoms with van der Waals surface area (Å²) in [5.74, 6) is 0. The number of benzene rings is 1. The van der Waals surface area contributed by atoms with Gasteiger partial charge >= 0.3 is 0 Å². The van der Waals surface area contributed by atoms with Gasteiger partial charge in [-0.15, -0.1) is 0 Å². The van der Waals surface area contributed by atoms with Crippen molar-refractivity contribution in [1.29, 1.82) is 0 Å². The summed E-state index contributed by atoms with van der Waals surface area (Å²) in [6.45, 7) is 1.70. The molecule has 0 bridgehead atoms. The van der Waals surface area contributed by atoms with Crippen LogP contribution >= 0.6 is 11.6 Å². The van der Waals surface area contributed by atoms with Crippen molar-refractivity contribution in [2.45, 2.75) is 49.6 Å². The summed E-state index contributed by atoms with van der Waals surface area (Å²) in [6.07, 6.45) is 2.32. The highest BCUT2D eigenvalue weighted by Gasteiger charge is 2.26. The molecule has 2 N–H and O–H groups in total. The Balaban J connectivity index is 2.16. The summed E-state index contributed by atoms with van der Waals surface area (Å²) < 4.78 is 27.3. The van der Waals surface area contributed by atoms with Gasteiger partial charge in [0, 0.05) is 11.1 Å². The Morgan fingerprint density at radius 3 is 2.53 bits per heavy atom. The lowest BCUT2D eigenvalue weighted by Gasteiger charge is -2.26. The van der Waals surface area contributed by atoms with Crippen molar-refractivity contribution in [2.75, 3.05) is 0 Å². The number of hydrogen-bond donors (Lipinski definition) is 2. The number of nitrogens with one attached hydrogen (secondary N) is 1. The standard InChI is InChI=1S/C13H18ClNO3S/c1-9-12(14)3-2-4-13(9)19(17,18)15-10-5-7-11(16)8-6-10/h2-4,10-11,15-16H,5-8H2,1H3. The fourth-order valence-corrected chi connectivity index (χ4v) is 4.16. The molecule has 0 amide bonds. The molecule has 0 aliphatic heterocycles. The van der Waals surface area contributed by atoms with Gasteiger partial charge in [-0.3, -0.25) is 0 Å². The maximum absolute atomic E-state index is 12.3. The molecule has 2 rings (SSSR count). The molecule has 19 heavy (non-hydrogen) atoms. The zero-order valence-corrected chi connectivity index (χ0v) is 12.3. The third kappa shape index (κ3) is 3.48. The number of rotatable bonds is 3. The highest BCUT2D eigenvalue weighted by Crippen LogP contribution is 2.25. The summed E-state index contributed by atoms with van der Waals surface area (Å²) in [5, 5.41) is 9.87. The van der Waals surface area contributed by atoms with Gasteiger partial charge in [-0.2, -0.15) is 0 Å². The fourth-order valence-electron chi connectivity index (χ4n) is 2.36. The van der Waals surface area contributed by atoms with Gasteiger partial charge in [0.05, 0.1) is 11.0 Å². The largest absolute Gasteiger partial charge is 0.393 e. The van der Waals surface area contributed by atoms with E-state index in [1.807, 2.05) is 0 Å². The van der Waals surface area contributed by atoms with E-state index in [0.29, 0.717) is 36.3 Å². The molecular formula is C13H18ClNO3S. The van der Waals surface area contributed by atoms with Crippen LogP contribution < -0.4 is 4.72 Å². The normalized spacial score (nSPS) is 24.4. The van der Waals surface area contributed by atoms with Crippen LogP contribution in [-0.4, -0.2) is 25.7 Å². The zero-order chi connectivity index (χ0) is 14.0. The van der Waals surface area contributed by atoms with Crippen LogP contribution in [0.3, 0.4) is 0 Å². The number of aliphatic hydroxyl groups excluding tert-OH is 1. The third-order valence-corrected chi connectivity index (χ3v) is 5.60. The first kappa shape index (κ1) is 14.8. The molecule has 4 nitrogen and oxygen atoms in total. The van der Waals surface area contributed by atoms with Crippen LogP contribution in [0.5, 0.6) is 0 Å². The average Bonchev–Trinajstić information content (AvgIpc) is 2.35. The van der Waals surface area contributed by atoms with Crippen molar-refractivity contribution in [1.82, 2.24) is 4.72 Å². The molecule has 1 aromatic carbocycles. The molecular weight excluding hydrogens is 286 g/mol. The van der Waals surface area contributed by atoms with Crippen molar-refractivity contribution in [3.8, 4) is 0 Å². The molecule has 1 aromatic rings. The second-order valence-corrected chi connectivity index (χ2v) is 7.08. The highest BCUT2D eigenvalue weighted by molar-refractivity contribution is 7.89. The van der Waals surface area contributed by atoms with Gasteiger partial charge in [0.25, 0.3) is 0 Å². The summed E-state index contributed by atoms with van der Waals surface area (Å²) in [6, 6.07) is 4.76. The van der Waals surface area contributed by atoms with Gasteiger partial charge in [-0.25, -0.2) is 13.1 Å². The van der Waals surface area contributed by atoms with E-state index < -0.39 is 10.0 Å². The minimum absolute atomic E-state index is 0.105. The SMILES string of the molecule is Cc1c(Cl)cccc1S(=O)(=O)NC1CCC(O)CC1. The number of sulfonamides is 1. The quantitative estimate of drug-likeness (QED) is 0.900. The Bertz CT molecular complexity index is 551. The Hall–Kier alpha value is -0.620. The van der Waals surface area contributed by atoms with E-state index in [4.69, 9.17) is 11.6 Å². The Morgan fingerprint density at radius 1 is 1.26 bits per heavy atom. The predicted molar refractivity (Wildman–Crippen MR) is 74.8 cm³/mol. The van der Waals surface area contributed by atoms with Crippen LogP contribution in [0, 0.1) is 6.92 Å². The summed E-state index contributed by atoms with van der Waals surface area (Å²) in [4.78, 5) is 0.228. The van der Waals surface area contributed by atoms with Crippen LogP contribution in [0.25, 0.3) is 0 Å². The van der Waals surface area contributed by atoms with Crippen LogP contribution in [0.15, 0.2) is 23.1 Å². The first-order valence-corrected chi connectivity index (χ1v) is 8.22.